The molecule has 13 heteroatoms. The van der Waals surface area contributed by atoms with Crippen molar-refractivity contribution < 1.29 is 38.2 Å². The zero-order valence-corrected chi connectivity index (χ0v) is 69.1. The number of hydrogen-bond donors (Lipinski definition) is 3. The standard InChI is InChI=1S/C43H87BNO4PSi.C43H85NO4/c1-4-7-10-13-16-19-21-23-25-28-31-34-37-43(47)49-41(35-32-29-26-18-15-12-9-6-3)38-40(39-48-51(44)50)45-42(46)36-33-30-27-24-22-20-17-14-11-8-5-2;1-4-7-10-13-16-19-21-23-25-28-31-34-37-43(47)48-41(35-32-29-26-18-15-12-9-6-3)38-40(39-45)44-42(46)36-33-30-27-24-22-20-17-14-11-8-5-2/h40-41,51H,4-39,50H2,1-3H3,(H,45,46);40-41,45H,4-39H2,1-3H3,(H,44,46)/t40-,41?,51?;40-,41?/m11/s1/i50T,51D;/t40-,41?,50?,51?;. The molecule has 4 unspecified atom stereocenters. The molecule has 0 aliphatic rings. The molecule has 0 saturated heterocycles. The first-order valence-corrected chi connectivity index (χ1v) is 47.0. The highest BCUT2D eigenvalue weighted by atomic mass is 31.3. The fraction of sp³-hybridized carbons (Fsp3) is 0.953. The Labute approximate surface area is 625 Å². The van der Waals surface area contributed by atoms with E-state index in [1.807, 2.05) is 0 Å². The number of hydrogen-bond acceptors (Lipinski definition) is 8. The van der Waals surface area contributed by atoms with Gasteiger partial charge >= 0.3 is 11.9 Å². The molecular weight excluding hydrogens is 1260 g/mol. The van der Waals surface area contributed by atoms with Crippen molar-refractivity contribution >= 4 is 48.4 Å². The van der Waals surface area contributed by atoms with Gasteiger partial charge in [0.15, 0.2) is 0 Å². The predicted molar refractivity (Wildman–Crippen MR) is 437 cm³/mol. The van der Waals surface area contributed by atoms with E-state index in [1.165, 1.54) is 315 Å². The Hall–Kier alpha value is -1.49. The summed E-state index contributed by atoms with van der Waals surface area (Å²) in [5.74, 6) is -0.274. The summed E-state index contributed by atoms with van der Waals surface area (Å²) >= 11 is 0. The third-order valence-corrected chi connectivity index (χ3v) is 21.2. The van der Waals surface area contributed by atoms with Crippen LogP contribution in [0.4, 0.5) is 0 Å². The number of amides is 2. The minimum Gasteiger partial charge on any atom is -0.462 e. The van der Waals surface area contributed by atoms with Gasteiger partial charge in [-0.15, -0.1) is 8.73 Å². The number of unbranched alkanes of at least 4 members (excludes halogenated alkanes) is 56. The molecular formula is C86H172BN2O8PSi. The number of ether oxygens (including phenoxy) is 2. The lowest BCUT2D eigenvalue weighted by Crippen LogP contribution is -2.42. The number of carbonyl (C=O) groups excluding carboxylic acids is 4. The monoisotopic (exact) mass is 1430 g/mol. The molecule has 10 nitrogen and oxygen atoms in total. The van der Waals surface area contributed by atoms with Gasteiger partial charge in [0.2, 0.25) is 11.8 Å². The minimum absolute atomic E-state index is 0.0126. The Balaban J connectivity index is 0. The molecule has 6 atom stereocenters. The van der Waals surface area contributed by atoms with E-state index in [0.717, 1.165) is 96.3 Å². The zero-order valence-electron chi connectivity index (χ0n) is 69.1. The van der Waals surface area contributed by atoms with Gasteiger partial charge in [-0.2, -0.15) is 0 Å². The minimum atomic E-state index is -3.34. The van der Waals surface area contributed by atoms with Gasteiger partial charge < -0.3 is 29.6 Å². The molecule has 0 aromatic carbocycles. The van der Waals surface area contributed by atoms with E-state index < -0.39 is 23.3 Å². The second-order valence-electron chi connectivity index (χ2n) is 30.5. The summed E-state index contributed by atoms with van der Waals surface area (Å²) in [5.41, 5.74) is 0. The summed E-state index contributed by atoms with van der Waals surface area (Å²) in [5, 5.41) is 16.3. The Morgan fingerprint density at radius 1 is 0.354 bits per heavy atom. The maximum atomic E-state index is 13.1. The second-order valence-corrected chi connectivity index (χ2v) is 33.0. The molecule has 2 radical (unpaired) electrons. The SMILES string of the molecule is CCCCCCCCCCCCCCC(=O)OC(CCCCCCCCCC)C[C@H](CO)NC(=O)CCCCCCCCCCCCC.[2H][Si]([B])(OC[C@@H](CC(CCCCCCCCCC)OC(=O)CCCCCCCCCCCCCC)NC(=O)CCCCCCCCCCCCC)P[3H]. The van der Waals surface area contributed by atoms with Crippen LogP contribution in [0.3, 0.4) is 0 Å². The third kappa shape index (κ3) is 80.5. The fourth-order valence-corrected chi connectivity index (χ4v) is 14.5. The molecule has 0 fully saturated rings. The molecule has 99 heavy (non-hydrogen) atoms. The van der Waals surface area contributed by atoms with Gasteiger partial charge in [0, 0.05) is 39.8 Å². The van der Waals surface area contributed by atoms with Gasteiger partial charge in [0.1, 0.15) is 20.7 Å². The maximum Gasteiger partial charge on any atom is 0.306 e. The van der Waals surface area contributed by atoms with Gasteiger partial charge in [-0.1, -0.05) is 401 Å². The first-order valence-electron chi connectivity index (χ1n) is 45.0. The highest BCUT2D eigenvalue weighted by Crippen LogP contribution is 2.22. The Morgan fingerprint density at radius 3 is 0.808 bits per heavy atom. The zero-order chi connectivity index (χ0) is 74.3. The van der Waals surface area contributed by atoms with Crippen molar-refractivity contribution in [2.75, 3.05) is 13.2 Å². The van der Waals surface area contributed by atoms with E-state index >= 15 is 0 Å². The lowest BCUT2D eigenvalue weighted by molar-refractivity contribution is -0.151. The molecule has 0 heterocycles. The molecule has 0 aromatic heterocycles. The molecule has 0 spiro atoms. The number of esters is 2. The quantitative estimate of drug-likeness (QED) is 0.0237. The van der Waals surface area contributed by atoms with Crippen LogP contribution in [0.25, 0.3) is 0 Å². The van der Waals surface area contributed by atoms with Crippen LogP contribution in [0.15, 0.2) is 0 Å². The molecule has 0 aliphatic carbocycles. The Kier molecular flexibility index (Phi) is 80.8. The Morgan fingerprint density at radius 2 is 0.566 bits per heavy atom. The molecule has 0 rings (SSSR count). The molecule has 0 bridgehead atoms. The van der Waals surface area contributed by atoms with Crippen molar-refractivity contribution in [3.05, 3.63) is 0 Å². The van der Waals surface area contributed by atoms with Crippen LogP contribution >= 0.6 is 8.73 Å². The van der Waals surface area contributed by atoms with E-state index in [-0.39, 0.29) is 55.2 Å². The lowest BCUT2D eigenvalue weighted by atomic mass is 10.0. The first-order chi connectivity index (χ1) is 49.3. The van der Waals surface area contributed by atoms with Crippen LogP contribution in [-0.4, -0.2) is 84.8 Å². The molecule has 0 aromatic rings. The number of nitrogens with one attached hydrogen (secondary N) is 2. The molecule has 586 valence electrons. The van der Waals surface area contributed by atoms with Crippen molar-refractivity contribution in [2.45, 2.75) is 515 Å². The summed E-state index contributed by atoms with van der Waals surface area (Å²) < 4.78 is 33.7. The predicted octanol–water partition coefficient (Wildman–Crippen LogP) is 26.0. The van der Waals surface area contributed by atoms with Gasteiger partial charge in [0.25, 0.3) is 0 Å². The summed E-state index contributed by atoms with van der Waals surface area (Å²) in [6.45, 7) is 13.5. The molecule has 0 saturated carbocycles. The highest BCUT2D eigenvalue weighted by molar-refractivity contribution is 7.70. The second kappa shape index (κ2) is 83.8. The van der Waals surface area contributed by atoms with Gasteiger partial charge in [-0.3, -0.25) is 19.2 Å². The van der Waals surface area contributed by atoms with Crippen LogP contribution in [-0.2, 0) is 33.1 Å². The summed E-state index contributed by atoms with van der Waals surface area (Å²) in [7, 11) is 2.13. The van der Waals surface area contributed by atoms with Crippen molar-refractivity contribution in [2.24, 2.45) is 0 Å². The number of aliphatic hydroxyl groups is 1. The summed E-state index contributed by atoms with van der Waals surface area (Å²) in [6.07, 6.45) is 81.3. The van der Waals surface area contributed by atoms with E-state index in [4.69, 9.17) is 23.9 Å². The summed E-state index contributed by atoms with van der Waals surface area (Å²) in [6, 6.07) is -0.755. The normalized spacial score (nSPS) is 13.7. The third-order valence-electron chi connectivity index (χ3n) is 20.3. The van der Waals surface area contributed by atoms with Gasteiger partial charge in [-0.25, -0.2) is 0 Å². The van der Waals surface area contributed by atoms with E-state index in [0.29, 0.717) is 38.5 Å². The van der Waals surface area contributed by atoms with Crippen LogP contribution in [0.1, 0.15) is 491 Å². The lowest BCUT2D eigenvalue weighted by Gasteiger charge is -2.26. The largest absolute Gasteiger partial charge is 0.462 e. The van der Waals surface area contributed by atoms with Crippen LogP contribution in [0.2, 0.25) is 0 Å². The van der Waals surface area contributed by atoms with Crippen molar-refractivity contribution in [1.29, 1.82) is 2.51 Å². The molecule has 0 aliphatic heterocycles. The summed E-state index contributed by atoms with van der Waals surface area (Å²) in [4.78, 5) is 51.7. The van der Waals surface area contributed by atoms with Crippen molar-refractivity contribution in [3.8, 4) is 0 Å². The van der Waals surface area contributed by atoms with Gasteiger partial charge in [-0.05, 0) is 51.4 Å². The fourth-order valence-electron chi connectivity index (χ4n) is 13.8. The van der Waals surface area contributed by atoms with Crippen LogP contribution < -0.4 is 10.6 Å². The van der Waals surface area contributed by atoms with Crippen molar-refractivity contribution in [1.82, 2.24) is 10.6 Å². The smallest absolute Gasteiger partial charge is 0.306 e. The number of aliphatic hydroxyl groups excluding tert-OH is 1. The van der Waals surface area contributed by atoms with Crippen molar-refractivity contribution in [3.63, 3.8) is 0 Å². The Bertz CT molecular complexity index is 1730. The average molecular weight is 1440 g/mol. The van der Waals surface area contributed by atoms with E-state index in [9.17, 15) is 24.3 Å². The van der Waals surface area contributed by atoms with Crippen LogP contribution in [0.5, 0.6) is 0 Å². The first kappa shape index (κ1) is 95.5. The number of carbonyl (C=O) groups is 4. The van der Waals surface area contributed by atoms with Gasteiger partial charge in [0.05, 0.1) is 34.0 Å². The highest BCUT2D eigenvalue weighted by Gasteiger charge is 2.24. The average Bonchev–Trinajstić information content (AvgIpc) is 0.938. The number of rotatable bonds is 81. The molecule has 2 amide bonds. The van der Waals surface area contributed by atoms with E-state index in [2.05, 4.69) is 52.2 Å². The molecule has 3 N–H and O–H groups in total. The topological polar surface area (TPSA) is 140 Å². The van der Waals surface area contributed by atoms with E-state index in [1.54, 1.807) is 0 Å². The van der Waals surface area contributed by atoms with Crippen LogP contribution in [0, 0.1) is 0 Å². The maximum absolute atomic E-state index is 13.1.